The van der Waals surface area contributed by atoms with Crippen LogP contribution in [0.3, 0.4) is 0 Å². The van der Waals surface area contributed by atoms with Gasteiger partial charge in [-0.05, 0) is 12.8 Å². The van der Waals surface area contributed by atoms with Crippen molar-refractivity contribution in [2.75, 3.05) is 26.5 Å². The van der Waals surface area contributed by atoms with Gasteiger partial charge in [0.05, 0.1) is 0 Å². The normalized spacial score (nSPS) is 11.8. The van der Waals surface area contributed by atoms with E-state index < -0.39 is 22.9 Å². The Morgan fingerprint density at radius 3 is 2.41 bits per heavy atom. The lowest BCUT2D eigenvalue weighted by atomic mass is 10.5. The van der Waals surface area contributed by atoms with Crippen molar-refractivity contribution in [2.24, 2.45) is 0 Å². The van der Waals surface area contributed by atoms with E-state index in [0.717, 1.165) is 10.7 Å². The average molecular weight is 269 g/mol. The molecule has 0 saturated carbocycles. The summed E-state index contributed by atoms with van der Waals surface area (Å²) >= 11 is 0. The lowest BCUT2D eigenvalue weighted by Gasteiger charge is -2.19. The van der Waals surface area contributed by atoms with E-state index in [2.05, 4.69) is 4.18 Å². The first-order valence-corrected chi connectivity index (χ1v) is 6.75. The smallest absolute Gasteiger partial charge is 0.385 e. The molecular weight excluding hydrogens is 250 g/mol. The summed E-state index contributed by atoms with van der Waals surface area (Å²) in [7, 11) is -4.18. The highest BCUT2D eigenvalue weighted by molar-refractivity contribution is 7.84. The first-order chi connectivity index (χ1) is 7.97. The summed E-state index contributed by atoms with van der Waals surface area (Å²) in [6.07, 6.45) is 1.32. The van der Waals surface area contributed by atoms with E-state index in [-0.39, 0.29) is 13.3 Å². The van der Waals surface area contributed by atoms with Gasteiger partial charge in [-0.25, -0.2) is 4.79 Å². The van der Waals surface area contributed by atoms with Crippen LogP contribution in [-0.2, 0) is 24.0 Å². The van der Waals surface area contributed by atoms with E-state index in [1.54, 1.807) is 6.92 Å². The molecule has 0 amide bonds. The molecule has 17 heavy (non-hydrogen) atoms. The van der Waals surface area contributed by atoms with Crippen molar-refractivity contribution in [3.8, 4) is 0 Å². The van der Waals surface area contributed by atoms with Gasteiger partial charge < -0.3 is 14.0 Å². The van der Waals surface area contributed by atoms with Gasteiger partial charge in [0, 0.05) is 13.2 Å². The number of aliphatic hydroxyl groups excluding tert-OH is 1. The SMILES string of the molecule is CCCOCN(CCC)S(=O)(=O)OC(=O)CO. The van der Waals surface area contributed by atoms with Gasteiger partial charge in [0.1, 0.15) is 13.3 Å². The van der Waals surface area contributed by atoms with E-state index in [0.29, 0.717) is 13.0 Å². The maximum absolute atomic E-state index is 11.6. The van der Waals surface area contributed by atoms with Crippen molar-refractivity contribution in [1.29, 1.82) is 0 Å². The van der Waals surface area contributed by atoms with Crippen LogP contribution in [0.2, 0.25) is 0 Å². The number of carbonyl (C=O) groups is 1. The molecule has 0 saturated heterocycles. The average Bonchev–Trinajstić information content (AvgIpc) is 2.27. The molecule has 0 aliphatic heterocycles. The van der Waals surface area contributed by atoms with Crippen LogP contribution in [0.1, 0.15) is 26.7 Å². The number of hydrogen-bond acceptors (Lipinski definition) is 6. The molecule has 0 aromatic rings. The van der Waals surface area contributed by atoms with E-state index >= 15 is 0 Å². The zero-order valence-electron chi connectivity index (χ0n) is 10.1. The van der Waals surface area contributed by atoms with Crippen molar-refractivity contribution < 1.29 is 27.2 Å². The van der Waals surface area contributed by atoms with Crippen LogP contribution in [0.4, 0.5) is 0 Å². The predicted molar refractivity (Wildman–Crippen MR) is 60.2 cm³/mol. The fourth-order valence-corrected chi connectivity index (χ4v) is 2.00. The molecule has 0 spiro atoms. The fraction of sp³-hybridized carbons (Fsp3) is 0.889. The maximum atomic E-state index is 11.6. The largest absolute Gasteiger partial charge is 0.389 e. The van der Waals surface area contributed by atoms with Crippen molar-refractivity contribution in [2.45, 2.75) is 26.7 Å². The third-order valence-electron chi connectivity index (χ3n) is 1.70. The maximum Gasteiger partial charge on any atom is 0.389 e. The third-order valence-corrected chi connectivity index (χ3v) is 3.02. The lowest BCUT2D eigenvalue weighted by Crippen LogP contribution is -2.37. The molecule has 0 aromatic heterocycles. The molecule has 0 aromatic carbocycles. The summed E-state index contributed by atoms with van der Waals surface area (Å²) < 4.78 is 33.3. The topological polar surface area (TPSA) is 93.1 Å². The second-order valence-electron chi connectivity index (χ2n) is 3.28. The molecule has 7 nitrogen and oxygen atoms in total. The number of carbonyl (C=O) groups excluding carboxylic acids is 1. The predicted octanol–water partition coefficient (Wildman–Crippen LogP) is -0.137. The van der Waals surface area contributed by atoms with Gasteiger partial charge in [0.25, 0.3) is 0 Å². The van der Waals surface area contributed by atoms with Gasteiger partial charge in [-0.15, -0.1) is 4.31 Å². The minimum absolute atomic E-state index is 0.164. The minimum Gasteiger partial charge on any atom is -0.385 e. The number of aliphatic hydroxyl groups is 1. The van der Waals surface area contributed by atoms with Crippen molar-refractivity contribution >= 4 is 16.3 Å². The molecule has 0 atom stereocenters. The van der Waals surface area contributed by atoms with Gasteiger partial charge in [-0.1, -0.05) is 13.8 Å². The van der Waals surface area contributed by atoms with Crippen molar-refractivity contribution in [1.82, 2.24) is 4.31 Å². The standard InChI is InChI=1S/C9H19NO6S/c1-3-5-10(8-15-6-4-2)17(13,14)16-9(12)7-11/h11H,3-8H2,1-2H3. The Morgan fingerprint density at radius 1 is 1.29 bits per heavy atom. The van der Waals surface area contributed by atoms with Crippen LogP contribution >= 0.6 is 0 Å². The molecule has 0 heterocycles. The quantitative estimate of drug-likeness (QED) is 0.462. The molecule has 0 unspecified atom stereocenters. The van der Waals surface area contributed by atoms with Gasteiger partial charge in [-0.3, -0.25) is 0 Å². The summed E-state index contributed by atoms with van der Waals surface area (Å²) in [5.74, 6) is -1.21. The minimum atomic E-state index is -4.18. The summed E-state index contributed by atoms with van der Waals surface area (Å²) in [6, 6.07) is 0. The summed E-state index contributed by atoms with van der Waals surface area (Å²) in [5, 5.41) is 8.44. The molecule has 8 heteroatoms. The molecule has 0 aliphatic carbocycles. The molecule has 0 fully saturated rings. The molecule has 0 bridgehead atoms. The Labute approximate surface area is 102 Å². The highest BCUT2D eigenvalue weighted by Gasteiger charge is 2.25. The zero-order valence-corrected chi connectivity index (χ0v) is 10.9. The molecule has 102 valence electrons. The second kappa shape index (κ2) is 8.40. The molecule has 0 rings (SSSR count). The molecule has 0 aliphatic rings. The Bertz CT molecular complexity index is 315. The van der Waals surface area contributed by atoms with Gasteiger partial charge in [0.15, 0.2) is 0 Å². The van der Waals surface area contributed by atoms with E-state index in [1.807, 2.05) is 6.92 Å². The fourth-order valence-electron chi connectivity index (χ4n) is 0.998. The Balaban J connectivity index is 4.49. The lowest BCUT2D eigenvalue weighted by molar-refractivity contribution is -0.137. The van der Waals surface area contributed by atoms with Crippen LogP contribution < -0.4 is 0 Å². The van der Waals surface area contributed by atoms with E-state index in [1.165, 1.54) is 0 Å². The van der Waals surface area contributed by atoms with Crippen LogP contribution in [0.5, 0.6) is 0 Å². The summed E-state index contributed by atoms with van der Waals surface area (Å²) in [4.78, 5) is 10.7. The van der Waals surface area contributed by atoms with Crippen molar-refractivity contribution in [3.63, 3.8) is 0 Å². The van der Waals surface area contributed by atoms with Gasteiger partial charge in [0.2, 0.25) is 0 Å². The molecular formula is C9H19NO6S. The highest BCUT2D eigenvalue weighted by Crippen LogP contribution is 2.05. The van der Waals surface area contributed by atoms with Gasteiger partial charge in [-0.2, -0.15) is 8.42 Å². The summed E-state index contributed by atoms with van der Waals surface area (Å²) in [6.45, 7) is 3.15. The summed E-state index contributed by atoms with van der Waals surface area (Å²) in [5.41, 5.74) is 0. The van der Waals surface area contributed by atoms with Crippen LogP contribution in [-0.4, -0.2) is 50.3 Å². The van der Waals surface area contributed by atoms with Gasteiger partial charge >= 0.3 is 16.3 Å². The van der Waals surface area contributed by atoms with Crippen molar-refractivity contribution in [3.05, 3.63) is 0 Å². The van der Waals surface area contributed by atoms with Crippen LogP contribution in [0, 0.1) is 0 Å². The Kier molecular flexibility index (Phi) is 8.05. The zero-order chi connectivity index (χ0) is 13.3. The van der Waals surface area contributed by atoms with E-state index in [9.17, 15) is 13.2 Å². The monoisotopic (exact) mass is 269 g/mol. The van der Waals surface area contributed by atoms with E-state index in [4.69, 9.17) is 9.84 Å². The Hall–Kier alpha value is -0.700. The first-order valence-electron chi connectivity index (χ1n) is 5.38. The second-order valence-corrected chi connectivity index (χ2v) is 4.82. The molecule has 0 radical (unpaired) electrons. The third kappa shape index (κ3) is 6.57. The highest BCUT2D eigenvalue weighted by atomic mass is 32.2. The number of rotatable bonds is 9. The van der Waals surface area contributed by atoms with Crippen LogP contribution in [0.15, 0.2) is 0 Å². The number of ether oxygens (including phenoxy) is 1. The van der Waals surface area contributed by atoms with Crippen LogP contribution in [0.25, 0.3) is 0 Å². The molecule has 1 N–H and O–H groups in total. The number of hydrogen-bond donors (Lipinski definition) is 1. The number of nitrogens with zero attached hydrogens (tertiary/aromatic N) is 1. The first kappa shape index (κ1) is 16.3. The Morgan fingerprint density at radius 2 is 1.94 bits per heavy atom.